The first kappa shape index (κ1) is 18.0. The molecule has 0 atom stereocenters. The Morgan fingerprint density at radius 2 is 2.22 bits per heavy atom. The third-order valence-electron chi connectivity index (χ3n) is 3.94. The Kier molecular flexibility index (Phi) is 5.11. The van der Waals surface area contributed by atoms with Crippen molar-refractivity contribution >= 4 is 11.9 Å². The fourth-order valence-electron chi connectivity index (χ4n) is 2.69. The molecule has 3 rings (SSSR count). The average molecular weight is 370 g/mol. The summed E-state index contributed by atoms with van der Waals surface area (Å²) in [4.78, 5) is 15.9. The molecule has 0 aliphatic heterocycles. The maximum atomic E-state index is 11.2. The SMILES string of the molecule is COc1ccc(C=NNn2cncn2)cc1Cn1nc(C)c([N+](=O)[O-])c1C. The second-order valence-electron chi connectivity index (χ2n) is 5.70. The lowest BCUT2D eigenvalue weighted by Gasteiger charge is -2.10. The molecule has 0 saturated carbocycles. The van der Waals surface area contributed by atoms with Gasteiger partial charge in [0.1, 0.15) is 29.8 Å². The first-order chi connectivity index (χ1) is 13.0. The molecule has 0 saturated heterocycles. The fourth-order valence-corrected chi connectivity index (χ4v) is 2.69. The number of rotatable bonds is 7. The number of benzene rings is 1. The van der Waals surface area contributed by atoms with Crippen LogP contribution < -0.4 is 10.3 Å². The summed E-state index contributed by atoms with van der Waals surface area (Å²) < 4.78 is 7.00. The number of methoxy groups -OCH3 is 1. The van der Waals surface area contributed by atoms with Gasteiger partial charge in [0, 0.05) is 5.56 Å². The number of nitrogens with one attached hydrogen (secondary N) is 1. The maximum absolute atomic E-state index is 11.2. The molecule has 0 fully saturated rings. The molecule has 1 aromatic carbocycles. The zero-order valence-electron chi connectivity index (χ0n) is 15.0. The second kappa shape index (κ2) is 7.64. The van der Waals surface area contributed by atoms with Gasteiger partial charge in [0.25, 0.3) is 0 Å². The number of hydrogen-bond acceptors (Lipinski definition) is 8. The number of aromatic nitrogens is 5. The molecule has 0 amide bonds. The van der Waals surface area contributed by atoms with Crippen LogP contribution in [0.3, 0.4) is 0 Å². The van der Waals surface area contributed by atoms with Crippen LogP contribution in [0.5, 0.6) is 5.75 Å². The molecule has 2 aromatic heterocycles. The van der Waals surface area contributed by atoms with E-state index in [-0.39, 0.29) is 5.69 Å². The Balaban J connectivity index is 1.85. The molecule has 0 spiro atoms. The normalized spacial score (nSPS) is 11.1. The van der Waals surface area contributed by atoms with Gasteiger partial charge in [-0.05, 0) is 37.6 Å². The number of nitrogens with zero attached hydrogens (tertiary/aromatic N) is 7. The van der Waals surface area contributed by atoms with Gasteiger partial charge in [-0.3, -0.25) is 14.8 Å². The highest BCUT2D eigenvalue weighted by molar-refractivity contribution is 5.80. The molecule has 3 aromatic rings. The van der Waals surface area contributed by atoms with Crippen molar-refractivity contribution in [3.05, 3.63) is 63.5 Å². The van der Waals surface area contributed by atoms with Gasteiger partial charge >= 0.3 is 5.69 Å². The highest BCUT2D eigenvalue weighted by atomic mass is 16.6. The maximum Gasteiger partial charge on any atom is 0.312 e. The lowest BCUT2D eigenvalue weighted by molar-refractivity contribution is -0.386. The van der Waals surface area contributed by atoms with Crippen LogP contribution in [0.4, 0.5) is 5.69 Å². The number of hydrogen-bond donors (Lipinski definition) is 1. The minimum absolute atomic E-state index is 0.0312. The van der Waals surface area contributed by atoms with Crippen LogP contribution in [0, 0.1) is 24.0 Å². The Hall–Kier alpha value is -3.76. The monoisotopic (exact) mass is 370 g/mol. The van der Waals surface area contributed by atoms with Gasteiger partial charge in [0.15, 0.2) is 0 Å². The van der Waals surface area contributed by atoms with Crippen molar-refractivity contribution in [2.45, 2.75) is 20.4 Å². The molecule has 140 valence electrons. The lowest BCUT2D eigenvalue weighted by atomic mass is 10.1. The molecule has 11 nitrogen and oxygen atoms in total. The molecule has 11 heteroatoms. The third kappa shape index (κ3) is 3.92. The summed E-state index contributed by atoms with van der Waals surface area (Å²) in [7, 11) is 1.57. The summed E-state index contributed by atoms with van der Waals surface area (Å²) in [5.74, 6) is 0.659. The first-order valence-electron chi connectivity index (χ1n) is 7.98. The van der Waals surface area contributed by atoms with Crippen LogP contribution in [0.1, 0.15) is 22.5 Å². The zero-order valence-corrected chi connectivity index (χ0v) is 15.0. The topological polar surface area (TPSA) is 125 Å². The van der Waals surface area contributed by atoms with Gasteiger partial charge in [-0.2, -0.15) is 15.7 Å². The molecule has 0 aliphatic carbocycles. The van der Waals surface area contributed by atoms with Crippen molar-refractivity contribution in [2.75, 3.05) is 12.6 Å². The van der Waals surface area contributed by atoms with E-state index < -0.39 is 4.92 Å². The second-order valence-corrected chi connectivity index (χ2v) is 5.70. The Morgan fingerprint density at radius 1 is 1.41 bits per heavy atom. The Bertz CT molecular complexity index is 978. The van der Waals surface area contributed by atoms with E-state index in [0.717, 1.165) is 11.1 Å². The summed E-state index contributed by atoms with van der Waals surface area (Å²) in [6, 6.07) is 5.54. The first-order valence-corrected chi connectivity index (χ1v) is 7.98. The van der Waals surface area contributed by atoms with Crippen molar-refractivity contribution in [3.8, 4) is 5.75 Å². The molecule has 2 heterocycles. The Morgan fingerprint density at radius 3 is 2.85 bits per heavy atom. The van der Waals surface area contributed by atoms with Gasteiger partial charge < -0.3 is 4.74 Å². The predicted molar refractivity (Wildman–Crippen MR) is 97.4 cm³/mol. The van der Waals surface area contributed by atoms with Crippen LogP contribution in [-0.2, 0) is 6.54 Å². The number of aryl methyl sites for hydroxylation is 1. The molecule has 0 radical (unpaired) electrons. The van der Waals surface area contributed by atoms with E-state index in [0.29, 0.717) is 23.7 Å². The smallest absolute Gasteiger partial charge is 0.312 e. The quantitative estimate of drug-likeness (QED) is 0.380. The van der Waals surface area contributed by atoms with Crippen LogP contribution in [0.25, 0.3) is 0 Å². The van der Waals surface area contributed by atoms with Crippen LogP contribution >= 0.6 is 0 Å². The van der Waals surface area contributed by atoms with Gasteiger partial charge in [-0.15, -0.1) is 9.89 Å². The largest absolute Gasteiger partial charge is 0.496 e. The molecule has 0 bridgehead atoms. The number of nitro groups is 1. The van der Waals surface area contributed by atoms with Gasteiger partial charge in [0.05, 0.1) is 24.8 Å². The Labute approximate surface area is 154 Å². The minimum Gasteiger partial charge on any atom is -0.496 e. The molecule has 1 N–H and O–H groups in total. The molecular weight excluding hydrogens is 352 g/mol. The van der Waals surface area contributed by atoms with E-state index in [1.54, 1.807) is 31.9 Å². The van der Waals surface area contributed by atoms with E-state index in [1.165, 1.54) is 17.4 Å². The molecule has 0 unspecified atom stereocenters. The van der Waals surface area contributed by atoms with Crippen molar-refractivity contribution in [3.63, 3.8) is 0 Å². The summed E-state index contributed by atoms with van der Waals surface area (Å²) in [5, 5.41) is 23.4. The highest BCUT2D eigenvalue weighted by Gasteiger charge is 2.22. The van der Waals surface area contributed by atoms with Crippen LogP contribution in [-0.4, -0.2) is 42.9 Å². The van der Waals surface area contributed by atoms with Crippen LogP contribution in [0.15, 0.2) is 36.0 Å². The van der Waals surface area contributed by atoms with E-state index in [1.807, 2.05) is 18.2 Å². The van der Waals surface area contributed by atoms with E-state index in [4.69, 9.17) is 4.74 Å². The summed E-state index contributed by atoms with van der Waals surface area (Å²) in [6.07, 6.45) is 4.49. The summed E-state index contributed by atoms with van der Waals surface area (Å²) in [6.45, 7) is 3.64. The average Bonchev–Trinajstić information content (AvgIpc) is 3.23. The van der Waals surface area contributed by atoms with Gasteiger partial charge in [0.2, 0.25) is 0 Å². The standard InChI is InChI=1S/C16H18N8O3/c1-11-16(24(25)26)12(2)22(20-11)8-14-6-13(4-5-15(14)27-3)7-18-21-23-10-17-9-19-23/h4-7,9-10,21H,8H2,1-3H3. The lowest BCUT2D eigenvalue weighted by Crippen LogP contribution is -2.09. The van der Waals surface area contributed by atoms with Crippen molar-refractivity contribution in [1.82, 2.24) is 24.7 Å². The van der Waals surface area contributed by atoms with Crippen LogP contribution in [0.2, 0.25) is 0 Å². The van der Waals surface area contributed by atoms with E-state index in [2.05, 4.69) is 25.8 Å². The molecular formula is C16H18N8O3. The third-order valence-corrected chi connectivity index (χ3v) is 3.94. The minimum atomic E-state index is -0.412. The predicted octanol–water partition coefficient (Wildman–Crippen LogP) is 1.63. The van der Waals surface area contributed by atoms with E-state index >= 15 is 0 Å². The van der Waals surface area contributed by atoms with Crippen molar-refractivity contribution < 1.29 is 9.66 Å². The van der Waals surface area contributed by atoms with Gasteiger partial charge in [-0.25, -0.2) is 4.98 Å². The molecule has 27 heavy (non-hydrogen) atoms. The van der Waals surface area contributed by atoms with E-state index in [9.17, 15) is 10.1 Å². The number of hydrazone groups is 1. The summed E-state index contributed by atoms with van der Waals surface area (Å²) >= 11 is 0. The summed E-state index contributed by atoms with van der Waals surface area (Å²) in [5.41, 5.74) is 5.23. The van der Waals surface area contributed by atoms with Crippen molar-refractivity contribution in [2.24, 2.45) is 5.10 Å². The fraction of sp³-hybridized carbons (Fsp3) is 0.250. The molecule has 0 aliphatic rings. The zero-order chi connectivity index (χ0) is 19.4. The number of ether oxygens (including phenoxy) is 1. The van der Waals surface area contributed by atoms with Gasteiger partial charge in [-0.1, -0.05) is 0 Å². The highest BCUT2D eigenvalue weighted by Crippen LogP contribution is 2.25. The van der Waals surface area contributed by atoms with Crippen molar-refractivity contribution in [1.29, 1.82) is 0 Å².